The van der Waals surface area contributed by atoms with Crippen molar-refractivity contribution in [2.45, 2.75) is 19.5 Å². The number of benzene rings is 2. The zero-order chi connectivity index (χ0) is 18.9. The molecule has 0 aliphatic rings. The predicted octanol–water partition coefficient (Wildman–Crippen LogP) is 2.97. The van der Waals surface area contributed by atoms with Crippen molar-refractivity contribution >= 4 is 5.96 Å². The van der Waals surface area contributed by atoms with Gasteiger partial charge in [0.25, 0.3) is 0 Å². The van der Waals surface area contributed by atoms with Gasteiger partial charge in [-0.3, -0.25) is 4.99 Å². The number of aryl methyl sites for hydroxylation is 1. The number of nitrogens with zero attached hydrogens (tertiary/aromatic N) is 2. The van der Waals surface area contributed by atoms with Crippen molar-refractivity contribution in [3.05, 3.63) is 65.2 Å². The molecule has 0 aliphatic heterocycles. The minimum Gasteiger partial charge on any atom is -0.497 e. The van der Waals surface area contributed by atoms with Gasteiger partial charge in [-0.25, -0.2) is 0 Å². The third-order valence-electron chi connectivity index (χ3n) is 4.52. The maximum Gasteiger partial charge on any atom is 0.191 e. The van der Waals surface area contributed by atoms with Crippen LogP contribution < -0.4 is 15.4 Å². The molecule has 0 aromatic heterocycles. The Hall–Kier alpha value is -2.53. The van der Waals surface area contributed by atoms with Crippen molar-refractivity contribution in [3.63, 3.8) is 0 Å². The van der Waals surface area contributed by atoms with E-state index in [0.717, 1.165) is 24.8 Å². The molecular weight excluding hydrogens is 324 g/mol. The molecule has 0 fully saturated rings. The van der Waals surface area contributed by atoms with E-state index in [2.05, 4.69) is 77.9 Å². The van der Waals surface area contributed by atoms with Crippen molar-refractivity contribution in [2.24, 2.45) is 4.99 Å². The van der Waals surface area contributed by atoms with Crippen LogP contribution in [-0.4, -0.2) is 45.7 Å². The Morgan fingerprint density at radius 3 is 2.35 bits per heavy atom. The lowest BCUT2D eigenvalue weighted by molar-refractivity contribution is 0.298. The number of likely N-dealkylation sites (N-methyl/N-ethyl adjacent to an activating group) is 1. The van der Waals surface area contributed by atoms with Gasteiger partial charge in [0.05, 0.1) is 13.2 Å². The molecule has 5 nitrogen and oxygen atoms in total. The fourth-order valence-electron chi connectivity index (χ4n) is 2.83. The summed E-state index contributed by atoms with van der Waals surface area (Å²) in [7, 11) is 7.65. The molecule has 0 saturated carbocycles. The van der Waals surface area contributed by atoms with Crippen LogP contribution in [0.2, 0.25) is 0 Å². The number of guanidine groups is 1. The van der Waals surface area contributed by atoms with E-state index < -0.39 is 0 Å². The van der Waals surface area contributed by atoms with Crippen LogP contribution in [0, 0.1) is 6.92 Å². The van der Waals surface area contributed by atoms with Crippen molar-refractivity contribution in [1.29, 1.82) is 0 Å². The molecule has 0 amide bonds. The summed E-state index contributed by atoms with van der Waals surface area (Å²) in [6.45, 7) is 3.63. The number of hydrogen-bond acceptors (Lipinski definition) is 3. The Bertz CT molecular complexity index is 710. The largest absolute Gasteiger partial charge is 0.497 e. The second kappa shape index (κ2) is 9.82. The smallest absolute Gasteiger partial charge is 0.191 e. The Kier molecular flexibility index (Phi) is 7.48. The first-order valence-electron chi connectivity index (χ1n) is 8.84. The Labute approximate surface area is 157 Å². The van der Waals surface area contributed by atoms with Crippen LogP contribution in [0.25, 0.3) is 0 Å². The predicted molar refractivity (Wildman–Crippen MR) is 109 cm³/mol. The van der Waals surface area contributed by atoms with E-state index >= 15 is 0 Å². The lowest BCUT2D eigenvalue weighted by Gasteiger charge is -2.26. The highest BCUT2D eigenvalue weighted by atomic mass is 16.5. The van der Waals surface area contributed by atoms with Gasteiger partial charge in [0.2, 0.25) is 0 Å². The Morgan fingerprint density at radius 2 is 1.77 bits per heavy atom. The van der Waals surface area contributed by atoms with Crippen LogP contribution in [0.5, 0.6) is 5.75 Å². The monoisotopic (exact) mass is 354 g/mol. The van der Waals surface area contributed by atoms with E-state index in [0.29, 0.717) is 0 Å². The summed E-state index contributed by atoms with van der Waals surface area (Å²) in [5.41, 5.74) is 3.78. The zero-order valence-corrected chi connectivity index (χ0v) is 16.4. The second-order valence-electron chi connectivity index (χ2n) is 6.49. The highest BCUT2D eigenvalue weighted by Gasteiger charge is 2.15. The first kappa shape index (κ1) is 19.8. The molecule has 0 aliphatic carbocycles. The summed E-state index contributed by atoms with van der Waals surface area (Å²) in [5.74, 6) is 1.67. The first-order chi connectivity index (χ1) is 12.5. The fourth-order valence-corrected chi connectivity index (χ4v) is 2.83. The third-order valence-corrected chi connectivity index (χ3v) is 4.52. The minimum atomic E-state index is 0.234. The number of rotatable bonds is 7. The molecule has 2 rings (SSSR count). The van der Waals surface area contributed by atoms with E-state index in [1.807, 2.05) is 12.1 Å². The second-order valence-corrected chi connectivity index (χ2v) is 6.49. The summed E-state index contributed by atoms with van der Waals surface area (Å²) in [6.07, 6.45) is 0. The molecule has 0 spiro atoms. The number of nitrogens with one attached hydrogen (secondary N) is 2. The summed E-state index contributed by atoms with van der Waals surface area (Å²) in [4.78, 5) is 6.54. The van der Waals surface area contributed by atoms with Crippen LogP contribution in [0.1, 0.15) is 22.7 Å². The zero-order valence-electron chi connectivity index (χ0n) is 16.4. The molecule has 26 heavy (non-hydrogen) atoms. The average Bonchev–Trinajstić information content (AvgIpc) is 2.65. The van der Waals surface area contributed by atoms with Gasteiger partial charge in [0.15, 0.2) is 5.96 Å². The van der Waals surface area contributed by atoms with Crippen LogP contribution in [0.4, 0.5) is 0 Å². The molecule has 1 atom stereocenters. The van der Waals surface area contributed by atoms with Crippen LogP contribution in [0.3, 0.4) is 0 Å². The van der Waals surface area contributed by atoms with E-state index in [4.69, 9.17) is 4.74 Å². The van der Waals surface area contributed by atoms with Gasteiger partial charge >= 0.3 is 0 Å². The first-order valence-corrected chi connectivity index (χ1v) is 8.84. The number of aliphatic imine (C=N–C) groups is 1. The van der Waals surface area contributed by atoms with E-state index in [1.165, 1.54) is 16.7 Å². The van der Waals surface area contributed by atoms with Gasteiger partial charge in [-0.1, -0.05) is 36.4 Å². The van der Waals surface area contributed by atoms with E-state index in [1.54, 1.807) is 14.2 Å². The lowest BCUT2D eigenvalue weighted by atomic mass is 10.1. The summed E-state index contributed by atoms with van der Waals surface area (Å²) < 4.78 is 5.25. The van der Waals surface area contributed by atoms with Gasteiger partial charge in [0.1, 0.15) is 5.75 Å². The van der Waals surface area contributed by atoms with Gasteiger partial charge < -0.3 is 20.3 Å². The molecule has 2 N–H and O–H groups in total. The maximum absolute atomic E-state index is 5.25. The minimum absolute atomic E-state index is 0.234. The summed E-state index contributed by atoms with van der Waals surface area (Å²) >= 11 is 0. The molecule has 0 bridgehead atoms. The quantitative estimate of drug-likeness (QED) is 0.593. The average molecular weight is 354 g/mol. The lowest BCUT2D eigenvalue weighted by Crippen LogP contribution is -2.41. The summed E-state index contributed by atoms with van der Waals surface area (Å²) in [5, 5.41) is 6.82. The SMILES string of the molecule is CN=C(NCc1ccccc1C)NCC(c1ccc(OC)cc1)N(C)C. The number of ether oxygens (including phenoxy) is 1. The van der Waals surface area contributed by atoms with Gasteiger partial charge in [-0.15, -0.1) is 0 Å². The number of hydrogen-bond donors (Lipinski definition) is 2. The molecular formula is C21H30N4O. The van der Waals surface area contributed by atoms with E-state index in [-0.39, 0.29) is 6.04 Å². The van der Waals surface area contributed by atoms with Gasteiger partial charge in [-0.05, 0) is 49.8 Å². The summed E-state index contributed by atoms with van der Waals surface area (Å²) in [6, 6.07) is 16.8. The molecule has 140 valence electrons. The Morgan fingerprint density at radius 1 is 1.08 bits per heavy atom. The molecule has 2 aromatic carbocycles. The highest BCUT2D eigenvalue weighted by molar-refractivity contribution is 5.79. The molecule has 0 heterocycles. The van der Waals surface area contributed by atoms with E-state index in [9.17, 15) is 0 Å². The third kappa shape index (κ3) is 5.49. The molecule has 2 aromatic rings. The standard InChI is InChI=1S/C21H30N4O/c1-16-8-6-7-9-18(16)14-23-21(22-2)24-15-20(25(3)4)17-10-12-19(26-5)13-11-17/h6-13,20H,14-15H2,1-5H3,(H2,22,23,24). The fraction of sp³-hybridized carbons (Fsp3) is 0.381. The topological polar surface area (TPSA) is 48.9 Å². The maximum atomic E-state index is 5.25. The molecule has 1 unspecified atom stereocenters. The van der Waals surface area contributed by atoms with Crippen molar-refractivity contribution in [2.75, 3.05) is 34.8 Å². The highest BCUT2D eigenvalue weighted by Crippen LogP contribution is 2.20. The van der Waals surface area contributed by atoms with Crippen molar-refractivity contribution in [1.82, 2.24) is 15.5 Å². The van der Waals surface area contributed by atoms with Crippen LogP contribution in [0.15, 0.2) is 53.5 Å². The van der Waals surface area contributed by atoms with Crippen molar-refractivity contribution in [3.8, 4) is 5.75 Å². The number of methoxy groups -OCH3 is 1. The molecule has 0 saturated heterocycles. The van der Waals surface area contributed by atoms with Gasteiger partial charge in [0, 0.05) is 20.1 Å². The molecule has 0 radical (unpaired) electrons. The van der Waals surface area contributed by atoms with Gasteiger partial charge in [-0.2, -0.15) is 0 Å². The van der Waals surface area contributed by atoms with Crippen molar-refractivity contribution < 1.29 is 4.74 Å². The normalized spacial score (nSPS) is 12.8. The van der Waals surface area contributed by atoms with Crippen LogP contribution in [-0.2, 0) is 6.54 Å². The van der Waals surface area contributed by atoms with Crippen LogP contribution >= 0.6 is 0 Å². The Balaban J connectivity index is 1.96. The molecule has 5 heteroatoms.